The normalized spacial score (nSPS) is 13.1. The van der Waals surface area contributed by atoms with Gasteiger partial charge in [0.2, 0.25) is 0 Å². The van der Waals surface area contributed by atoms with Gasteiger partial charge in [-0.2, -0.15) is 0 Å². The number of likely N-dealkylation sites (N-methyl/N-ethyl adjacent to an activating group) is 1. The molecule has 0 saturated carbocycles. The Hall–Kier alpha value is -1.25. The van der Waals surface area contributed by atoms with E-state index in [1.807, 2.05) is 21.1 Å². The van der Waals surface area contributed by atoms with Crippen molar-refractivity contribution in [2.24, 2.45) is 0 Å². The average Bonchev–Trinajstić information content (AvgIpc) is 3.49. The lowest BCUT2D eigenvalue weighted by molar-refractivity contribution is -0.870. The Morgan fingerprint density at radius 3 is 0.892 bits per heavy atom. The van der Waals surface area contributed by atoms with E-state index in [0.29, 0.717) is 23.9 Å². The molecule has 0 heterocycles. The molecule has 0 bridgehead atoms. The number of phosphoric ester groups is 1. The highest BCUT2D eigenvalue weighted by Gasteiger charge is 2.27. The van der Waals surface area contributed by atoms with Crippen molar-refractivity contribution in [1.82, 2.24) is 0 Å². The van der Waals surface area contributed by atoms with E-state index in [-0.39, 0.29) is 25.6 Å². The number of hydrogen-bond acceptors (Lipinski definition) is 7. The first kappa shape index (κ1) is 81.8. The number of phosphoric acid groups is 1. The van der Waals surface area contributed by atoms with Crippen LogP contribution in [0.15, 0.2) is 12.2 Å². The molecule has 83 heavy (non-hydrogen) atoms. The molecule has 0 saturated heterocycles. The molecule has 9 nitrogen and oxygen atoms in total. The van der Waals surface area contributed by atoms with Crippen molar-refractivity contribution in [2.45, 2.75) is 399 Å². The maximum Gasteiger partial charge on any atom is 0.472 e. The van der Waals surface area contributed by atoms with Crippen LogP contribution in [-0.2, 0) is 32.7 Å². The predicted molar refractivity (Wildman–Crippen MR) is 358 cm³/mol. The Morgan fingerprint density at radius 1 is 0.361 bits per heavy atom. The maximum absolute atomic E-state index is 12.9. The van der Waals surface area contributed by atoms with E-state index in [2.05, 4.69) is 26.0 Å². The van der Waals surface area contributed by atoms with Crippen molar-refractivity contribution < 1.29 is 42.1 Å². The molecule has 0 rings (SSSR count). The third-order valence-corrected chi connectivity index (χ3v) is 18.0. The predicted octanol–water partition coefficient (Wildman–Crippen LogP) is 23.9. The lowest BCUT2D eigenvalue weighted by atomic mass is 10.0. The van der Waals surface area contributed by atoms with Gasteiger partial charge < -0.3 is 18.9 Å². The molecule has 0 aliphatic heterocycles. The summed E-state index contributed by atoms with van der Waals surface area (Å²) in [7, 11) is 1.50. The molecule has 0 amide bonds. The van der Waals surface area contributed by atoms with Crippen LogP contribution in [0.1, 0.15) is 393 Å². The van der Waals surface area contributed by atoms with Gasteiger partial charge in [-0.25, -0.2) is 4.57 Å². The van der Waals surface area contributed by atoms with Gasteiger partial charge in [0.1, 0.15) is 19.8 Å². The third kappa shape index (κ3) is 69.7. The Labute approximate surface area is 517 Å². The van der Waals surface area contributed by atoms with Crippen molar-refractivity contribution in [3.8, 4) is 0 Å². The minimum atomic E-state index is -4.39. The Morgan fingerprint density at radius 2 is 0.614 bits per heavy atom. The summed E-state index contributed by atoms with van der Waals surface area (Å²) in [5.74, 6) is -0.773. The van der Waals surface area contributed by atoms with Crippen LogP contribution in [0.25, 0.3) is 0 Å². The quantitative estimate of drug-likeness (QED) is 0.0211. The lowest BCUT2D eigenvalue weighted by Gasteiger charge is -2.24. The second-order valence-corrected chi connectivity index (χ2v) is 28.1. The van der Waals surface area contributed by atoms with Crippen LogP contribution in [0.4, 0.5) is 0 Å². The van der Waals surface area contributed by atoms with Crippen LogP contribution in [0.3, 0.4) is 0 Å². The number of esters is 2. The van der Waals surface area contributed by atoms with Crippen molar-refractivity contribution in [2.75, 3.05) is 47.5 Å². The molecular weight excluding hydrogens is 1050 g/mol. The van der Waals surface area contributed by atoms with Crippen molar-refractivity contribution in [1.29, 1.82) is 0 Å². The van der Waals surface area contributed by atoms with Gasteiger partial charge in [0.25, 0.3) is 0 Å². The van der Waals surface area contributed by atoms with E-state index in [4.69, 9.17) is 18.5 Å². The lowest BCUT2D eigenvalue weighted by Crippen LogP contribution is -2.37. The monoisotopic (exact) mass is 1200 g/mol. The zero-order valence-electron chi connectivity index (χ0n) is 56.5. The molecule has 0 fully saturated rings. The number of hydrogen-bond donors (Lipinski definition) is 1. The number of rotatable bonds is 70. The topological polar surface area (TPSA) is 108 Å². The van der Waals surface area contributed by atoms with Crippen molar-refractivity contribution in [3.63, 3.8) is 0 Å². The van der Waals surface area contributed by atoms with Crippen molar-refractivity contribution >= 4 is 19.8 Å². The van der Waals surface area contributed by atoms with Gasteiger partial charge in [-0.3, -0.25) is 18.6 Å². The van der Waals surface area contributed by atoms with Crippen LogP contribution in [0.5, 0.6) is 0 Å². The highest BCUT2D eigenvalue weighted by atomic mass is 31.2. The summed E-state index contributed by atoms with van der Waals surface area (Å²) >= 11 is 0. The first-order valence-corrected chi connectivity index (χ1v) is 38.4. The van der Waals surface area contributed by atoms with Gasteiger partial charge in [-0.05, 0) is 38.5 Å². The second-order valence-electron chi connectivity index (χ2n) is 26.7. The molecule has 2 atom stereocenters. The van der Waals surface area contributed by atoms with Crippen LogP contribution in [0, 0.1) is 0 Å². The fraction of sp³-hybridized carbons (Fsp3) is 0.945. The van der Waals surface area contributed by atoms with Gasteiger partial charge in [0.15, 0.2) is 6.10 Å². The fourth-order valence-corrected chi connectivity index (χ4v) is 12.1. The molecule has 0 spiro atoms. The second kappa shape index (κ2) is 65.2. The van der Waals surface area contributed by atoms with Gasteiger partial charge in [-0.1, -0.05) is 353 Å². The number of carbonyl (C=O) groups is 2. The largest absolute Gasteiger partial charge is 0.472 e. The zero-order chi connectivity index (χ0) is 60.5. The zero-order valence-corrected chi connectivity index (χ0v) is 57.4. The number of quaternary nitrogens is 1. The average molecular weight is 1200 g/mol. The highest BCUT2D eigenvalue weighted by Crippen LogP contribution is 2.43. The number of nitrogens with zero attached hydrogens (tertiary/aromatic N) is 1. The molecule has 2 unspecified atom stereocenters. The van der Waals surface area contributed by atoms with Gasteiger partial charge in [0.05, 0.1) is 27.7 Å². The molecule has 0 aromatic carbocycles. The van der Waals surface area contributed by atoms with E-state index < -0.39 is 26.5 Å². The SMILES string of the molecule is CCCCCCCCCC/C=C\CCCCCCCCCCCCCC(=O)OC(COC(=O)CCCCCCCCCCCCCCCCCCCCCCCCCCCCCCCCCCCCCC)COP(=O)(O)OCC[N+](C)(C)C. The van der Waals surface area contributed by atoms with E-state index in [1.165, 1.54) is 327 Å². The van der Waals surface area contributed by atoms with Gasteiger partial charge in [-0.15, -0.1) is 0 Å². The molecule has 0 aromatic rings. The molecule has 10 heteroatoms. The van der Waals surface area contributed by atoms with Crippen LogP contribution >= 0.6 is 7.82 Å². The number of ether oxygens (including phenoxy) is 2. The summed E-state index contributed by atoms with van der Waals surface area (Å²) in [6.45, 7) is 4.52. The number of allylic oxidation sites excluding steroid dienone is 2. The van der Waals surface area contributed by atoms with Gasteiger partial charge in [0, 0.05) is 12.8 Å². The van der Waals surface area contributed by atoms with E-state index >= 15 is 0 Å². The summed E-state index contributed by atoms with van der Waals surface area (Å²) in [6, 6.07) is 0. The first-order valence-electron chi connectivity index (χ1n) is 36.9. The fourth-order valence-electron chi connectivity index (χ4n) is 11.4. The molecular formula is C73H145NO8P+. The molecule has 0 aromatic heterocycles. The summed E-state index contributed by atoms with van der Waals surface area (Å²) in [5.41, 5.74) is 0. The molecule has 0 aliphatic carbocycles. The summed E-state index contributed by atoms with van der Waals surface area (Å²) in [6.07, 6.45) is 80.6. The molecule has 494 valence electrons. The van der Waals surface area contributed by atoms with Crippen LogP contribution in [-0.4, -0.2) is 74.9 Å². The standard InChI is InChI=1S/C73H144NO8P/c1-6-8-10-12-14-16-18-20-22-24-26-28-30-31-32-33-34-35-36-37-38-39-40-41-42-44-45-47-49-51-53-55-57-59-61-63-65-72(75)79-69-71(70-81-83(77,78)80-68-67-74(3,4)5)82-73(76)66-64-62-60-58-56-54-52-50-48-46-43-29-27-25-23-21-19-17-15-13-11-9-7-2/h25,27,71H,6-24,26,28-70H2,1-5H3/p+1/b27-25-. The summed E-state index contributed by atoms with van der Waals surface area (Å²) in [5, 5.41) is 0. The molecule has 0 aliphatic rings. The first-order chi connectivity index (χ1) is 40.5. The third-order valence-electron chi connectivity index (χ3n) is 17.0. The van der Waals surface area contributed by atoms with E-state index in [1.54, 1.807) is 0 Å². The minimum absolute atomic E-state index is 0.0357. The Balaban J connectivity index is 3.91. The highest BCUT2D eigenvalue weighted by molar-refractivity contribution is 7.47. The van der Waals surface area contributed by atoms with E-state index in [0.717, 1.165) is 32.1 Å². The summed E-state index contributed by atoms with van der Waals surface area (Å²) < 4.78 is 34.8. The Kier molecular flexibility index (Phi) is 64.2. The Bertz CT molecular complexity index is 1400. The number of carbonyl (C=O) groups excluding carboxylic acids is 2. The minimum Gasteiger partial charge on any atom is -0.462 e. The van der Waals surface area contributed by atoms with Gasteiger partial charge >= 0.3 is 19.8 Å². The smallest absolute Gasteiger partial charge is 0.462 e. The van der Waals surface area contributed by atoms with Crippen LogP contribution < -0.4 is 0 Å². The summed E-state index contributed by atoms with van der Waals surface area (Å²) in [4.78, 5) is 35.9. The molecule has 0 radical (unpaired) electrons. The van der Waals surface area contributed by atoms with Crippen LogP contribution in [0.2, 0.25) is 0 Å². The number of unbranched alkanes of at least 4 members (excludes halogenated alkanes) is 54. The van der Waals surface area contributed by atoms with Crippen molar-refractivity contribution in [3.05, 3.63) is 12.2 Å². The molecule has 1 N–H and O–H groups in total. The maximum atomic E-state index is 12.9. The van der Waals surface area contributed by atoms with E-state index in [9.17, 15) is 19.0 Å².